The van der Waals surface area contributed by atoms with Gasteiger partial charge >= 0.3 is 6.03 Å². The van der Waals surface area contributed by atoms with Crippen molar-refractivity contribution in [2.24, 2.45) is 0 Å². The molecule has 2 aromatic rings. The molecule has 0 aliphatic carbocycles. The average Bonchev–Trinajstić information content (AvgIpc) is 2.70. The fraction of sp³-hybridized carbons (Fsp3) is 0.300. The van der Waals surface area contributed by atoms with E-state index in [1.54, 1.807) is 4.90 Å². The van der Waals surface area contributed by atoms with Crippen LogP contribution in [0.5, 0.6) is 0 Å². The summed E-state index contributed by atoms with van der Waals surface area (Å²) in [4.78, 5) is 26.0. The van der Waals surface area contributed by atoms with Gasteiger partial charge in [-0.25, -0.2) is 9.18 Å². The van der Waals surface area contributed by atoms with Crippen LogP contribution in [0.4, 0.5) is 14.9 Å². The number of nitrogens with one attached hydrogen (secondary N) is 3. The zero-order valence-corrected chi connectivity index (χ0v) is 15.0. The van der Waals surface area contributed by atoms with Crippen LogP contribution in [0.25, 0.3) is 0 Å². The number of carbonyl (C=O) groups excluding carboxylic acids is 2. The molecule has 0 radical (unpaired) electrons. The van der Waals surface area contributed by atoms with E-state index < -0.39 is 11.8 Å². The summed E-state index contributed by atoms with van der Waals surface area (Å²) < 4.78 is 14.3. The van der Waals surface area contributed by atoms with E-state index >= 15 is 0 Å². The predicted molar refractivity (Wildman–Crippen MR) is 102 cm³/mol. The minimum atomic E-state index is -0.630. The van der Waals surface area contributed by atoms with Crippen LogP contribution in [-0.2, 0) is 6.42 Å². The fourth-order valence-corrected chi connectivity index (χ4v) is 2.93. The first kappa shape index (κ1) is 18.8. The smallest absolute Gasteiger partial charge is 0.319 e. The number of hydrogen-bond acceptors (Lipinski definition) is 3. The molecule has 142 valence electrons. The molecule has 1 heterocycles. The third-order valence-electron chi connectivity index (χ3n) is 4.41. The number of carbonyl (C=O) groups is 2. The lowest BCUT2D eigenvalue weighted by atomic mass is 10.1. The van der Waals surface area contributed by atoms with E-state index in [1.165, 1.54) is 18.2 Å². The van der Waals surface area contributed by atoms with E-state index in [0.29, 0.717) is 26.1 Å². The molecule has 0 spiro atoms. The van der Waals surface area contributed by atoms with E-state index in [0.717, 1.165) is 18.7 Å². The third-order valence-corrected chi connectivity index (χ3v) is 4.41. The molecule has 0 atom stereocenters. The van der Waals surface area contributed by atoms with Crippen molar-refractivity contribution < 1.29 is 14.0 Å². The van der Waals surface area contributed by atoms with E-state index in [1.807, 2.05) is 30.3 Å². The number of rotatable bonds is 5. The quantitative estimate of drug-likeness (QED) is 0.756. The minimum Gasteiger partial charge on any atom is -0.338 e. The van der Waals surface area contributed by atoms with E-state index in [2.05, 4.69) is 16.0 Å². The van der Waals surface area contributed by atoms with Crippen LogP contribution in [0.1, 0.15) is 15.9 Å². The van der Waals surface area contributed by atoms with E-state index in [-0.39, 0.29) is 17.2 Å². The highest BCUT2D eigenvalue weighted by Gasteiger charge is 2.19. The number of hydrogen-bond donors (Lipinski definition) is 3. The molecule has 0 aromatic heterocycles. The maximum absolute atomic E-state index is 14.3. The third kappa shape index (κ3) is 5.27. The van der Waals surface area contributed by atoms with Crippen LogP contribution in [0, 0.1) is 5.82 Å². The van der Waals surface area contributed by atoms with Gasteiger partial charge in [0.05, 0.1) is 5.69 Å². The zero-order chi connectivity index (χ0) is 19.1. The molecule has 1 fully saturated rings. The first-order valence-electron chi connectivity index (χ1n) is 9.02. The summed E-state index contributed by atoms with van der Waals surface area (Å²) in [5.74, 6) is -0.830. The molecule has 7 heteroatoms. The molecule has 1 aliphatic heterocycles. The topological polar surface area (TPSA) is 73.5 Å². The van der Waals surface area contributed by atoms with Crippen molar-refractivity contribution in [2.75, 3.05) is 38.0 Å². The van der Waals surface area contributed by atoms with Gasteiger partial charge in [0.1, 0.15) is 5.82 Å². The Hall–Kier alpha value is -2.93. The average molecular weight is 370 g/mol. The largest absolute Gasteiger partial charge is 0.338 e. The lowest BCUT2D eigenvalue weighted by Gasteiger charge is -2.27. The first-order valence-corrected chi connectivity index (χ1v) is 9.02. The van der Waals surface area contributed by atoms with Gasteiger partial charge in [0, 0.05) is 38.3 Å². The first-order chi connectivity index (χ1) is 13.1. The maximum atomic E-state index is 14.3. The van der Waals surface area contributed by atoms with Gasteiger partial charge in [0.25, 0.3) is 5.91 Å². The molecule has 3 rings (SSSR count). The van der Waals surface area contributed by atoms with Crippen LogP contribution in [0.2, 0.25) is 0 Å². The Morgan fingerprint density at radius 3 is 2.52 bits per heavy atom. The normalized spacial score (nSPS) is 13.9. The SMILES string of the molecule is O=C(NCCc1ccccc1)Nc1ccc(C(=O)N2CCNCC2)cc1F. The Bertz CT molecular complexity index is 792. The summed E-state index contributed by atoms with van der Waals surface area (Å²) >= 11 is 0. The van der Waals surface area contributed by atoms with Crippen molar-refractivity contribution in [3.63, 3.8) is 0 Å². The van der Waals surface area contributed by atoms with Crippen LogP contribution >= 0.6 is 0 Å². The van der Waals surface area contributed by atoms with Crippen LogP contribution in [0.15, 0.2) is 48.5 Å². The molecule has 27 heavy (non-hydrogen) atoms. The summed E-state index contributed by atoms with van der Waals surface area (Å²) in [6.45, 7) is 3.11. The van der Waals surface area contributed by atoms with Crippen molar-refractivity contribution >= 4 is 17.6 Å². The van der Waals surface area contributed by atoms with Gasteiger partial charge in [0.2, 0.25) is 0 Å². The van der Waals surface area contributed by atoms with Crippen LogP contribution in [-0.4, -0.2) is 49.6 Å². The van der Waals surface area contributed by atoms with E-state index in [9.17, 15) is 14.0 Å². The van der Waals surface area contributed by atoms with E-state index in [4.69, 9.17) is 0 Å². The monoisotopic (exact) mass is 370 g/mol. The van der Waals surface area contributed by atoms with Crippen molar-refractivity contribution in [2.45, 2.75) is 6.42 Å². The Kier molecular flexibility index (Phi) is 6.38. The van der Waals surface area contributed by atoms with Gasteiger partial charge in [-0.1, -0.05) is 30.3 Å². The van der Waals surface area contributed by atoms with Gasteiger partial charge in [-0.3, -0.25) is 4.79 Å². The summed E-state index contributed by atoms with van der Waals surface area (Å²) in [5, 5.41) is 8.35. The Morgan fingerprint density at radius 1 is 1.07 bits per heavy atom. The number of piperazine rings is 1. The van der Waals surface area contributed by atoms with Gasteiger partial charge < -0.3 is 20.9 Å². The second kappa shape index (κ2) is 9.14. The summed E-state index contributed by atoms with van der Waals surface area (Å²) in [5.41, 5.74) is 1.44. The number of amides is 3. The Labute approximate surface area is 157 Å². The van der Waals surface area contributed by atoms with Crippen molar-refractivity contribution in [1.29, 1.82) is 0 Å². The number of halogens is 1. The highest BCUT2D eigenvalue weighted by Crippen LogP contribution is 2.17. The highest BCUT2D eigenvalue weighted by molar-refractivity contribution is 5.95. The predicted octanol–water partition coefficient (Wildman–Crippen LogP) is 2.24. The second-order valence-corrected chi connectivity index (χ2v) is 6.35. The molecular weight excluding hydrogens is 347 g/mol. The van der Waals surface area contributed by atoms with Crippen LogP contribution in [0.3, 0.4) is 0 Å². The second-order valence-electron chi connectivity index (χ2n) is 6.35. The summed E-state index contributed by atoms with van der Waals surface area (Å²) in [6, 6.07) is 13.4. The van der Waals surface area contributed by atoms with Crippen molar-refractivity contribution in [3.05, 3.63) is 65.5 Å². The van der Waals surface area contributed by atoms with Gasteiger partial charge in [-0.15, -0.1) is 0 Å². The molecule has 6 nitrogen and oxygen atoms in total. The lowest BCUT2D eigenvalue weighted by molar-refractivity contribution is 0.0735. The van der Waals surface area contributed by atoms with Gasteiger partial charge in [-0.05, 0) is 30.2 Å². The highest BCUT2D eigenvalue weighted by atomic mass is 19.1. The van der Waals surface area contributed by atoms with Crippen molar-refractivity contribution in [3.8, 4) is 0 Å². The van der Waals surface area contributed by atoms with Crippen LogP contribution < -0.4 is 16.0 Å². The fourth-order valence-electron chi connectivity index (χ4n) is 2.93. The number of anilines is 1. The molecule has 1 aliphatic rings. The maximum Gasteiger partial charge on any atom is 0.319 e. The summed E-state index contributed by atoms with van der Waals surface area (Å²) in [7, 11) is 0. The molecule has 2 aromatic carbocycles. The molecular formula is C20H23FN4O2. The molecule has 0 saturated carbocycles. The standard InChI is InChI=1S/C20H23FN4O2/c21-17-14-16(19(26)25-12-10-22-11-13-25)6-7-18(17)24-20(27)23-9-8-15-4-2-1-3-5-15/h1-7,14,22H,8-13H2,(H2,23,24,27). The molecule has 3 N–H and O–H groups in total. The van der Waals surface area contributed by atoms with Crippen molar-refractivity contribution in [1.82, 2.24) is 15.5 Å². The number of nitrogens with zero attached hydrogens (tertiary/aromatic N) is 1. The number of urea groups is 1. The molecule has 3 amide bonds. The summed E-state index contributed by atoms with van der Waals surface area (Å²) in [6.07, 6.45) is 0.689. The zero-order valence-electron chi connectivity index (χ0n) is 15.0. The molecule has 0 bridgehead atoms. The minimum absolute atomic E-state index is 0.0454. The number of benzene rings is 2. The molecule has 1 saturated heterocycles. The Morgan fingerprint density at radius 2 is 1.81 bits per heavy atom. The lowest BCUT2D eigenvalue weighted by Crippen LogP contribution is -2.46. The Balaban J connectivity index is 1.52. The molecule has 0 unspecified atom stereocenters. The van der Waals surface area contributed by atoms with Gasteiger partial charge in [-0.2, -0.15) is 0 Å². The van der Waals surface area contributed by atoms with Gasteiger partial charge in [0.15, 0.2) is 0 Å².